The van der Waals surface area contributed by atoms with Crippen molar-refractivity contribution in [2.75, 3.05) is 0 Å². The van der Waals surface area contributed by atoms with E-state index in [0.717, 1.165) is 0 Å². The molecule has 0 amide bonds. The number of halogens is 1. The number of pyridine rings is 1. The van der Waals surface area contributed by atoms with Crippen LogP contribution in [0.1, 0.15) is 55.3 Å². The molecule has 1 N–H and O–H groups in total. The van der Waals surface area contributed by atoms with Crippen LogP contribution >= 0.6 is 0 Å². The average Bonchev–Trinajstić information content (AvgIpc) is 3.12. The molecule has 0 saturated heterocycles. The van der Waals surface area contributed by atoms with Gasteiger partial charge in [0, 0.05) is 29.5 Å². The van der Waals surface area contributed by atoms with E-state index >= 15 is 0 Å². The Kier molecular flexibility index (Phi) is 6.44. The van der Waals surface area contributed by atoms with Crippen LogP contribution in [0.15, 0.2) is 53.8 Å². The maximum Gasteiger partial charge on any atom is 0.234 e. The number of fused-ring (bicyclic) bond motifs is 1. The molecule has 8 nitrogen and oxygen atoms in total. The Morgan fingerprint density at radius 3 is 2.26 bits per heavy atom. The largest absolute Gasteiger partial charge is 0.294 e. The van der Waals surface area contributed by atoms with Crippen LogP contribution in [0, 0.1) is 5.82 Å². The number of nitrogens with zero attached hydrogens (tertiary/aromatic N) is 4. The number of carbonyl (C=O) groups is 2. The quantitative estimate of drug-likeness (QED) is 0.398. The first-order valence-corrected chi connectivity index (χ1v) is 12.0. The van der Waals surface area contributed by atoms with Gasteiger partial charge in [-0.25, -0.2) is 23.3 Å². The summed E-state index contributed by atoms with van der Waals surface area (Å²) in [5.74, 6) is -1.27. The molecule has 1 aromatic carbocycles. The van der Waals surface area contributed by atoms with Crippen LogP contribution in [0.2, 0.25) is 0 Å². The number of nitrogens with one attached hydrogen (secondary N) is 1. The molecule has 0 aliphatic carbocycles. The summed E-state index contributed by atoms with van der Waals surface area (Å²) < 4.78 is 32.0. The summed E-state index contributed by atoms with van der Waals surface area (Å²) in [5, 5.41) is 0.311. The second-order valence-electron chi connectivity index (χ2n) is 9.07. The third kappa shape index (κ3) is 4.80. The predicted molar refractivity (Wildman–Crippen MR) is 131 cm³/mol. The molecule has 1 unspecified atom stereocenters. The highest BCUT2D eigenvalue weighted by Crippen LogP contribution is 2.36. The van der Waals surface area contributed by atoms with E-state index in [0.29, 0.717) is 27.2 Å². The molecular weight excluding hydrogens is 469 g/mol. The molecule has 0 aliphatic rings. The number of benzene rings is 1. The standard InChI is InChI=1S/C25H24FN5O3S/c1-14(32)17-12-21-18(11-19(17)26)22(15(2)33)23(31(21)24-27-9-6-10-28-24)20-8-7-16(13-29-20)35(34)30-25(3,4)5/h6-13,30H,1-5H3. The van der Waals surface area contributed by atoms with E-state index < -0.39 is 22.6 Å². The molecule has 3 heterocycles. The molecular formula is C25H24FN5O3S. The van der Waals surface area contributed by atoms with Crippen molar-refractivity contribution in [1.29, 1.82) is 0 Å². The monoisotopic (exact) mass is 493 g/mol. The van der Waals surface area contributed by atoms with Crippen molar-refractivity contribution in [3.63, 3.8) is 0 Å². The molecule has 4 aromatic rings. The maximum absolute atomic E-state index is 14.8. The van der Waals surface area contributed by atoms with E-state index in [9.17, 15) is 18.2 Å². The zero-order valence-corrected chi connectivity index (χ0v) is 20.7. The van der Waals surface area contributed by atoms with Gasteiger partial charge in [0.15, 0.2) is 11.6 Å². The van der Waals surface area contributed by atoms with Gasteiger partial charge in [0.2, 0.25) is 5.95 Å². The molecule has 4 rings (SSSR count). The van der Waals surface area contributed by atoms with Gasteiger partial charge in [0.1, 0.15) is 16.8 Å². The topological polar surface area (TPSA) is 107 Å². The summed E-state index contributed by atoms with van der Waals surface area (Å²) in [5.41, 5.74) is 0.851. The summed E-state index contributed by atoms with van der Waals surface area (Å²) in [7, 11) is -1.50. The van der Waals surface area contributed by atoms with Gasteiger partial charge in [0.25, 0.3) is 0 Å². The maximum atomic E-state index is 14.8. The van der Waals surface area contributed by atoms with Gasteiger partial charge in [-0.3, -0.25) is 19.1 Å². The molecule has 10 heteroatoms. The molecule has 0 radical (unpaired) electrons. The van der Waals surface area contributed by atoms with Crippen molar-refractivity contribution < 1.29 is 18.2 Å². The Morgan fingerprint density at radius 2 is 1.71 bits per heavy atom. The highest BCUT2D eigenvalue weighted by atomic mass is 32.2. The molecule has 0 fully saturated rings. The van der Waals surface area contributed by atoms with Gasteiger partial charge in [-0.15, -0.1) is 0 Å². The second-order valence-corrected chi connectivity index (χ2v) is 10.3. The Bertz CT molecular complexity index is 1480. The Morgan fingerprint density at radius 1 is 1.03 bits per heavy atom. The summed E-state index contributed by atoms with van der Waals surface area (Å²) in [6.07, 6.45) is 4.54. The van der Waals surface area contributed by atoms with Crippen molar-refractivity contribution in [1.82, 2.24) is 24.2 Å². The second kappa shape index (κ2) is 9.20. The lowest BCUT2D eigenvalue weighted by molar-refractivity contribution is 0.100. The van der Waals surface area contributed by atoms with Crippen LogP contribution in [0.25, 0.3) is 28.2 Å². The van der Waals surface area contributed by atoms with Gasteiger partial charge in [-0.2, -0.15) is 0 Å². The van der Waals surface area contributed by atoms with Crippen molar-refractivity contribution in [3.05, 3.63) is 65.9 Å². The highest BCUT2D eigenvalue weighted by Gasteiger charge is 2.27. The fourth-order valence-electron chi connectivity index (χ4n) is 3.76. The molecule has 0 bridgehead atoms. The molecule has 0 saturated carbocycles. The van der Waals surface area contributed by atoms with E-state index in [1.807, 2.05) is 20.8 Å². The number of Topliss-reactive ketones (excluding diaryl/α,β-unsaturated/α-hetero) is 2. The number of carbonyl (C=O) groups excluding carboxylic acids is 2. The van der Waals surface area contributed by atoms with E-state index in [1.54, 1.807) is 35.2 Å². The minimum atomic E-state index is -1.50. The summed E-state index contributed by atoms with van der Waals surface area (Å²) in [6.45, 7) is 8.35. The number of aromatic nitrogens is 4. The van der Waals surface area contributed by atoms with Gasteiger partial charge in [-0.1, -0.05) is 0 Å². The SMILES string of the molecule is CC(=O)c1cc2c(cc1F)c(C(C)=O)c(-c1ccc(S(=O)NC(C)(C)C)cn1)n2-c1ncccn1. The normalized spacial score (nSPS) is 12.6. The fraction of sp³-hybridized carbons (Fsp3) is 0.240. The van der Waals surface area contributed by atoms with Gasteiger partial charge in [-0.05, 0) is 65.0 Å². The Hall–Kier alpha value is -3.63. The molecule has 180 valence electrons. The third-order valence-corrected chi connectivity index (χ3v) is 6.60. The Balaban J connectivity index is 2.01. The first kappa shape index (κ1) is 24.5. The molecule has 35 heavy (non-hydrogen) atoms. The lowest BCUT2D eigenvalue weighted by atomic mass is 10.0. The zero-order valence-electron chi connectivity index (χ0n) is 19.9. The number of ketones is 2. The van der Waals surface area contributed by atoms with Crippen molar-refractivity contribution >= 4 is 33.5 Å². The van der Waals surface area contributed by atoms with Crippen LogP contribution in [0.3, 0.4) is 0 Å². The molecule has 1 atom stereocenters. The first-order valence-electron chi connectivity index (χ1n) is 10.8. The number of hydrogen-bond acceptors (Lipinski definition) is 6. The average molecular weight is 494 g/mol. The minimum absolute atomic E-state index is 0.110. The number of hydrogen-bond donors (Lipinski definition) is 1. The van der Waals surface area contributed by atoms with Crippen molar-refractivity contribution in [2.45, 2.75) is 45.1 Å². The summed E-state index contributed by atoms with van der Waals surface area (Å²) >= 11 is 0. The lowest BCUT2D eigenvalue weighted by Gasteiger charge is -2.19. The van der Waals surface area contributed by atoms with Crippen molar-refractivity contribution in [3.8, 4) is 17.3 Å². The van der Waals surface area contributed by atoms with Gasteiger partial charge in [0.05, 0.1) is 32.9 Å². The smallest absolute Gasteiger partial charge is 0.234 e. The van der Waals surface area contributed by atoms with Gasteiger partial charge < -0.3 is 0 Å². The summed E-state index contributed by atoms with van der Waals surface area (Å²) in [4.78, 5) is 38.5. The number of rotatable bonds is 6. The fourth-order valence-corrected chi connectivity index (χ4v) is 4.77. The molecule has 0 spiro atoms. The molecule has 0 aliphatic heterocycles. The third-order valence-electron chi connectivity index (χ3n) is 5.13. The zero-order chi connectivity index (χ0) is 25.5. The minimum Gasteiger partial charge on any atom is -0.294 e. The van der Waals surface area contributed by atoms with E-state index in [1.165, 1.54) is 32.2 Å². The van der Waals surface area contributed by atoms with E-state index in [2.05, 4.69) is 19.7 Å². The van der Waals surface area contributed by atoms with E-state index in [-0.39, 0.29) is 28.4 Å². The first-order chi connectivity index (χ1) is 16.5. The molecule has 3 aromatic heterocycles. The highest BCUT2D eigenvalue weighted by molar-refractivity contribution is 7.83. The van der Waals surface area contributed by atoms with Crippen LogP contribution < -0.4 is 4.72 Å². The predicted octanol–water partition coefficient (Wildman–Crippen LogP) is 4.44. The summed E-state index contributed by atoms with van der Waals surface area (Å²) in [6, 6.07) is 7.51. The lowest BCUT2D eigenvalue weighted by Crippen LogP contribution is -2.37. The van der Waals surface area contributed by atoms with E-state index in [4.69, 9.17) is 0 Å². The van der Waals surface area contributed by atoms with Crippen LogP contribution in [0.5, 0.6) is 0 Å². The van der Waals surface area contributed by atoms with Crippen molar-refractivity contribution in [2.24, 2.45) is 0 Å². The van der Waals surface area contributed by atoms with Crippen LogP contribution in [-0.4, -0.2) is 40.8 Å². The van der Waals surface area contributed by atoms with Crippen LogP contribution in [-0.2, 0) is 11.0 Å². The van der Waals surface area contributed by atoms with Gasteiger partial charge >= 0.3 is 0 Å². The van der Waals surface area contributed by atoms with Crippen LogP contribution in [0.4, 0.5) is 4.39 Å². The Labute approximate surface area is 204 Å².